The zero-order valence-electron chi connectivity index (χ0n) is 13.6. The third-order valence-electron chi connectivity index (χ3n) is 4.11. The highest BCUT2D eigenvalue weighted by molar-refractivity contribution is 4.88. The topological polar surface area (TPSA) is 43.0 Å². The van der Waals surface area contributed by atoms with E-state index in [1.54, 1.807) is 14.2 Å². The molecule has 1 saturated heterocycles. The smallest absolute Gasteiger partial charge is 0.0615 e. The molecule has 0 amide bonds. The lowest BCUT2D eigenvalue weighted by Crippen LogP contribution is -2.52. The molecule has 0 aromatic heterocycles. The number of hydrogen-bond acceptors (Lipinski definition) is 5. The van der Waals surface area contributed by atoms with Crippen LogP contribution in [0.1, 0.15) is 19.8 Å². The van der Waals surface area contributed by atoms with Gasteiger partial charge in [0.1, 0.15) is 0 Å². The number of methoxy groups -OCH3 is 2. The van der Waals surface area contributed by atoms with Crippen molar-refractivity contribution in [3.05, 3.63) is 0 Å². The van der Waals surface area contributed by atoms with E-state index in [0.717, 1.165) is 52.5 Å². The SMILES string of the molecule is CNCC1(CN(CCOC)C(C)COC)CCCOC1. The molecule has 0 radical (unpaired) electrons. The molecule has 5 nitrogen and oxygen atoms in total. The molecule has 0 aliphatic carbocycles. The molecule has 1 N–H and O–H groups in total. The normalized spacial score (nSPS) is 25.1. The number of nitrogens with one attached hydrogen (secondary N) is 1. The lowest BCUT2D eigenvalue weighted by atomic mass is 9.81. The van der Waals surface area contributed by atoms with Gasteiger partial charge < -0.3 is 19.5 Å². The highest BCUT2D eigenvalue weighted by Crippen LogP contribution is 2.29. The minimum atomic E-state index is 0.211. The summed E-state index contributed by atoms with van der Waals surface area (Å²) in [5.74, 6) is 0. The second-order valence-corrected chi connectivity index (χ2v) is 5.95. The Kier molecular flexibility index (Phi) is 8.64. The number of ether oxygens (including phenoxy) is 3. The van der Waals surface area contributed by atoms with Crippen LogP contribution in [0.2, 0.25) is 0 Å². The summed E-state index contributed by atoms with van der Waals surface area (Å²) >= 11 is 0. The summed E-state index contributed by atoms with van der Waals surface area (Å²) in [6.45, 7) is 8.43. The molecule has 1 rings (SSSR count). The van der Waals surface area contributed by atoms with Crippen LogP contribution < -0.4 is 5.32 Å². The van der Waals surface area contributed by atoms with E-state index < -0.39 is 0 Å². The molecular weight excluding hydrogens is 256 g/mol. The van der Waals surface area contributed by atoms with E-state index in [2.05, 4.69) is 17.1 Å². The molecule has 0 saturated carbocycles. The van der Waals surface area contributed by atoms with Crippen LogP contribution in [0.4, 0.5) is 0 Å². The first-order chi connectivity index (χ1) is 9.67. The summed E-state index contributed by atoms with van der Waals surface area (Å²) < 4.78 is 16.3. The summed E-state index contributed by atoms with van der Waals surface area (Å²) in [6, 6.07) is 0.394. The first-order valence-electron chi connectivity index (χ1n) is 7.62. The van der Waals surface area contributed by atoms with Gasteiger partial charge in [0, 0.05) is 51.9 Å². The molecule has 0 bridgehead atoms. The molecule has 5 heteroatoms. The van der Waals surface area contributed by atoms with Gasteiger partial charge in [0.05, 0.1) is 19.8 Å². The summed E-state index contributed by atoms with van der Waals surface area (Å²) in [6.07, 6.45) is 2.37. The Balaban J connectivity index is 2.66. The summed E-state index contributed by atoms with van der Waals surface area (Å²) in [4.78, 5) is 2.47. The van der Waals surface area contributed by atoms with Gasteiger partial charge in [-0.2, -0.15) is 0 Å². The van der Waals surface area contributed by atoms with Gasteiger partial charge in [0.25, 0.3) is 0 Å². The highest BCUT2D eigenvalue weighted by Gasteiger charge is 2.35. The van der Waals surface area contributed by atoms with Crippen molar-refractivity contribution in [3.63, 3.8) is 0 Å². The van der Waals surface area contributed by atoms with Crippen LogP contribution in [-0.2, 0) is 14.2 Å². The van der Waals surface area contributed by atoms with Gasteiger partial charge in [-0.05, 0) is 26.8 Å². The van der Waals surface area contributed by atoms with E-state index in [4.69, 9.17) is 14.2 Å². The predicted octanol–water partition coefficient (Wildman–Crippen LogP) is 0.986. The van der Waals surface area contributed by atoms with Gasteiger partial charge in [-0.3, -0.25) is 4.90 Å². The van der Waals surface area contributed by atoms with Crippen LogP contribution in [0, 0.1) is 5.41 Å². The maximum atomic E-state index is 5.75. The molecule has 1 fully saturated rings. The van der Waals surface area contributed by atoms with Crippen molar-refractivity contribution in [2.45, 2.75) is 25.8 Å². The van der Waals surface area contributed by atoms with E-state index in [-0.39, 0.29) is 5.41 Å². The predicted molar refractivity (Wildman–Crippen MR) is 81.2 cm³/mol. The zero-order valence-corrected chi connectivity index (χ0v) is 13.6. The van der Waals surface area contributed by atoms with Gasteiger partial charge in [0.2, 0.25) is 0 Å². The Morgan fingerprint density at radius 2 is 2.15 bits per heavy atom. The second-order valence-electron chi connectivity index (χ2n) is 5.95. The van der Waals surface area contributed by atoms with Gasteiger partial charge in [0.15, 0.2) is 0 Å². The summed E-state index contributed by atoms with van der Waals surface area (Å²) in [5.41, 5.74) is 0.211. The van der Waals surface area contributed by atoms with Gasteiger partial charge in [-0.1, -0.05) is 0 Å². The average Bonchev–Trinajstić information content (AvgIpc) is 2.45. The Morgan fingerprint density at radius 3 is 2.70 bits per heavy atom. The van der Waals surface area contributed by atoms with Gasteiger partial charge in [-0.25, -0.2) is 0 Å². The second kappa shape index (κ2) is 9.68. The minimum Gasteiger partial charge on any atom is -0.383 e. The summed E-state index contributed by atoms with van der Waals surface area (Å²) in [5, 5.41) is 3.34. The first kappa shape index (κ1) is 17.9. The lowest BCUT2D eigenvalue weighted by Gasteiger charge is -2.42. The summed E-state index contributed by atoms with van der Waals surface area (Å²) in [7, 11) is 5.54. The molecule has 0 aromatic carbocycles. The van der Waals surface area contributed by atoms with Crippen molar-refractivity contribution in [1.82, 2.24) is 10.2 Å². The van der Waals surface area contributed by atoms with Crippen LogP contribution in [0.3, 0.4) is 0 Å². The molecule has 1 aliphatic rings. The zero-order chi connectivity index (χ0) is 14.8. The Morgan fingerprint density at radius 1 is 1.35 bits per heavy atom. The third-order valence-corrected chi connectivity index (χ3v) is 4.11. The average molecular weight is 288 g/mol. The van der Waals surface area contributed by atoms with E-state index in [1.165, 1.54) is 6.42 Å². The fourth-order valence-electron chi connectivity index (χ4n) is 3.05. The van der Waals surface area contributed by atoms with Crippen molar-refractivity contribution < 1.29 is 14.2 Å². The van der Waals surface area contributed by atoms with Crippen LogP contribution >= 0.6 is 0 Å². The first-order valence-corrected chi connectivity index (χ1v) is 7.62. The van der Waals surface area contributed by atoms with Crippen molar-refractivity contribution in [2.24, 2.45) is 5.41 Å². The standard InChI is InChI=1S/C15H32N2O3/c1-14(10-19-4)17(7-9-18-3)12-15(11-16-2)6-5-8-20-13-15/h14,16H,5-13H2,1-4H3. The molecule has 120 valence electrons. The van der Waals surface area contributed by atoms with E-state index in [0.29, 0.717) is 6.04 Å². The van der Waals surface area contributed by atoms with Crippen LogP contribution in [0.25, 0.3) is 0 Å². The monoisotopic (exact) mass is 288 g/mol. The highest BCUT2D eigenvalue weighted by atomic mass is 16.5. The van der Waals surface area contributed by atoms with E-state index in [9.17, 15) is 0 Å². The Labute approximate surface area is 123 Å². The number of hydrogen-bond donors (Lipinski definition) is 1. The Bertz CT molecular complexity index is 240. The van der Waals surface area contributed by atoms with E-state index in [1.807, 2.05) is 7.05 Å². The fraction of sp³-hybridized carbons (Fsp3) is 1.00. The molecule has 20 heavy (non-hydrogen) atoms. The fourth-order valence-corrected chi connectivity index (χ4v) is 3.05. The molecule has 0 spiro atoms. The maximum Gasteiger partial charge on any atom is 0.0615 e. The molecule has 1 aliphatic heterocycles. The van der Waals surface area contributed by atoms with Gasteiger partial charge in [-0.15, -0.1) is 0 Å². The quantitative estimate of drug-likeness (QED) is 0.649. The van der Waals surface area contributed by atoms with Crippen molar-refractivity contribution in [3.8, 4) is 0 Å². The third kappa shape index (κ3) is 5.66. The van der Waals surface area contributed by atoms with Crippen LogP contribution in [-0.4, -0.2) is 78.3 Å². The van der Waals surface area contributed by atoms with Crippen LogP contribution in [0.15, 0.2) is 0 Å². The molecular formula is C15H32N2O3. The minimum absolute atomic E-state index is 0.211. The largest absolute Gasteiger partial charge is 0.383 e. The number of nitrogens with zero attached hydrogens (tertiary/aromatic N) is 1. The Hall–Kier alpha value is -0.200. The van der Waals surface area contributed by atoms with Crippen LogP contribution in [0.5, 0.6) is 0 Å². The molecule has 2 atom stereocenters. The van der Waals surface area contributed by atoms with Crippen molar-refractivity contribution in [1.29, 1.82) is 0 Å². The van der Waals surface area contributed by atoms with Crippen molar-refractivity contribution in [2.75, 3.05) is 67.3 Å². The lowest BCUT2D eigenvalue weighted by molar-refractivity contribution is -0.0401. The molecule has 0 aromatic rings. The van der Waals surface area contributed by atoms with E-state index >= 15 is 0 Å². The molecule has 2 unspecified atom stereocenters. The maximum absolute atomic E-state index is 5.75. The molecule has 1 heterocycles. The van der Waals surface area contributed by atoms with Gasteiger partial charge >= 0.3 is 0 Å². The number of rotatable bonds is 10. The van der Waals surface area contributed by atoms with Crippen molar-refractivity contribution >= 4 is 0 Å².